The van der Waals surface area contributed by atoms with Crippen LogP contribution in [0.2, 0.25) is 0 Å². The summed E-state index contributed by atoms with van der Waals surface area (Å²) in [5, 5.41) is 11.0. The number of ether oxygens (including phenoxy) is 2. The fourth-order valence-electron chi connectivity index (χ4n) is 3.35. The minimum absolute atomic E-state index is 0.139. The Morgan fingerprint density at radius 3 is 1.82 bits per heavy atom. The molecule has 33 heavy (non-hydrogen) atoms. The Bertz CT molecular complexity index is 1120. The zero-order valence-electron chi connectivity index (χ0n) is 18.7. The summed E-state index contributed by atoms with van der Waals surface area (Å²) in [7, 11) is -0.750. The van der Waals surface area contributed by atoms with Gasteiger partial charge in [-0.3, -0.25) is 0 Å². The number of sulfonamides is 1. The molecule has 1 N–H and O–H groups in total. The Hall–Kier alpha value is -2.46. The fraction of sp³-hybridized carbons (Fsp3) is 0.292. The number of aliphatic hydroxyl groups is 1. The quantitative estimate of drug-likeness (QED) is 0.394. The third-order valence-electron chi connectivity index (χ3n) is 5.16. The smallest absolute Gasteiger partial charge is 0.217 e. The average Bonchev–Trinajstić information content (AvgIpc) is 2.79. The number of nitrogens with zero attached hydrogens (tertiary/aromatic N) is 2. The van der Waals surface area contributed by atoms with Gasteiger partial charge in [0.05, 0.1) is 25.7 Å². The van der Waals surface area contributed by atoms with Crippen molar-refractivity contribution in [2.75, 3.05) is 20.0 Å². The van der Waals surface area contributed by atoms with Crippen molar-refractivity contribution in [3.05, 3.63) is 88.2 Å². The molecule has 0 bridgehead atoms. The zero-order valence-corrected chi connectivity index (χ0v) is 21.1. The van der Waals surface area contributed by atoms with Crippen molar-refractivity contribution in [2.45, 2.75) is 25.6 Å². The Kier molecular flexibility index (Phi) is 8.12. The van der Waals surface area contributed by atoms with E-state index in [1.54, 1.807) is 56.7 Å². The van der Waals surface area contributed by atoms with E-state index in [4.69, 9.17) is 9.47 Å². The van der Waals surface area contributed by atoms with Crippen molar-refractivity contribution in [1.82, 2.24) is 9.29 Å². The van der Waals surface area contributed by atoms with Gasteiger partial charge in [-0.2, -0.15) is 4.31 Å². The van der Waals surface area contributed by atoms with Crippen molar-refractivity contribution in [3.63, 3.8) is 0 Å². The summed E-state index contributed by atoms with van der Waals surface area (Å²) in [5.74, 6) is 0.856. The lowest BCUT2D eigenvalue weighted by molar-refractivity contribution is 0.0755. The van der Waals surface area contributed by atoms with Gasteiger partial charge in [0.2, 0.25) is 10.0 Å². The summed E-state index contributed by atoms with van der Waals surface area (Å²) in [5.41, 5.74) is 0.191. The lowest BCUT2D eigenvalue weighted by atomic mass is 10.1. The lowest BCUT2D eigenvalue weighted by Gasteiger charge is -2.28. The van der Waals surface area contributed by atoms with Crippen LogP contribution in [0, 0.1) is 0 Å². The minimum Gasteiger partial charge on any atom is -0.497 e. The summed E-state index contributed by atoms with van der Waals surface area (Å²) in [6.45, 7) is 1.74. The number of halogens is 1. The van der Waals surface area contributed by atoms with E-state index in [-0.39, 0.29) is 18.8 Å². The van der Waals surface area contributed by atoms with Crippen molar-refractivity contribution in [3.8, 4) is 11.5 Å². The Balaban J connectivity index is 1.90. The molecule has 0 amide bonds. The van der Waals surface area contributed by atoms with E-state index in [1.807, 2.05) is 24.3 Å². The van der Waals surface area contributed by atoms with E-state index in [0.717, 1.165) is 11.1 Å². The number of pyridine rings is 1. The molecule has 3 rings (SSSR count). The van der Waals surface area contributed by atoms with Gasteiger partial charge in [-0.25, -0.2) is 13.4 Å². The summed E-state index contributed by atoms with van der Waals surface area (Å²) >= 11 is 3.27. The van der Waals surface area contributed by atoms with Crippen LogP contribution in [-0.2, 0) is 28.7 Å². The topological polar surface area (TPSA) is 89.0 Å². The monoisotopic (exact) mass is 534 g/mol. The highest BCUT2D eigenvalue weighted by Gasteiger charge is 2.35. The van der Waals surface area contributed by atoms with E-state index in [0.29, 0.717) is 16.1 Å². The predicted octanol–water partition coefficient (Wildman–Crippen LogP) is 4.10. The molecule has 1 unspecified atom stereocenters. The average molecular weight is 535 g/mol. The van der Waals surface area contributed by atoms with Crippen molar-refractivity contribution in [1.29, 1.82) is 0 Å². The second-order valence-corrected chi connectivity index (χ2v) is 10.6. The number of methoxy groups -OCH3 is 2. The summed E-state index contributed by atoms with van der Waals surface area (Å²) in [4.78, 5) is 4.25. The normalized spacial score (nSPS) is 13.5. The van der Waals surface area contributed by atoms with E-state index >= 15 is 0 Å². The Morgan fingerprint density at radius 2 is 1.39 bits per heavy atom. The second kappa shape index (κ2) is 10.6. The third kappa shape index (κ3) is 6.77. The van der Waals surface area contributed by atoms with Crippen molar-refractivity contribution < 1.29 is 23.0 Å². The van der Waals surface area contributed by atoms with Gasteiger partial charge in [0, 0.05) is 13.1 Å². The number of hydrogen-bond acceptors (Lipinski definition) is 6. The first-order valence-corrected chi connectivity index (χ1v) is 12.6. The molecule has 7 nitrogen and oxygen atoms in total. The molecule has 0 spiro atoms. The van der Waals surface area contributed by atoms with E-state index in [1.165, 1.54) is 11.2 Å². The van der Waals surface area contributed by atoms with Gasteiger partial charge in [-0.15, -0.1) is 0 Å². The number of hydrogen-bond donors (Lipinski definition) is 1. The molecule has 0 saturated carbocycles. The molecule has 0 saturated heterocycles. The van der Waals surface area contributed by atoms with Crippen LogP contribution >= 0.6 is 15.9 Å². The molecular weight excluding hydrogens is 508 g/mol. The maximum atomic E-state index is 13.5. The molecule has 0 radical (unpaired) electrons. The Morgan fingerprint density at radius 1 is 0.909 bits per heavy atom. The first-order chi connectivity index (χ1) is 15.6. The largest absolute Gasteiger partial charge is 0.497 e. The van der Waals surface area contributed by atoms with Crippen LogP contribution in [0.5, 0.6) is 11.5 Å². The van der Waals surface area contributed by atoms with Crippen LogP contribution in [0.25, 0.3) is 0 Å². The molecule has 0 aliphatic rings. The number of aromatic nitrogens is 1. The standard InChI is InChI=1S/C24H27BrN2O5S/c1-24(28,22-5-4-6-23(25)26-22)17-33(29,30)27(15-18-7-11-20(31-2)12-8-18)16-19-9-13-21(32-3)14-10-19/h4-14,28H,15-17H2,1-3H3. The molecule has 0 fully saturated rings. The van der Waals surface area contributed by atoms with Crippen molar-refractivity contribution >= 4 is 26.0 Å². The molecule has 2 aromatic carbocycles. The van der Waals surface area contributed by atoms with Crippen molar-refractivity contribution in [2.24, 2.45) is 0 Å². The zero-order chi connectivity index (χ0) is 24.1. The first-order valence-electron chi connectivity index (χ1n) is 10.2. The molecule has 176 valence electrons. The van der Waals surface area contributed by atoms with E-state index in [2.05, 4.69) is 20.9 Å². The maximum absolute atomic E-state index is 13.5. The van der Waals surface area contributed by atoms with Gasteiger partial charge in [0.25, 0.3) is 0 Å². The lowest BCUT2D eigenvalue weighted by Crippen LogP contribution is -2.40. The molecule has 1 aromatic heterocycles. The summed E-state index contributed by atoms with van der Waals surface area (Å²) in [6, 6.07) is 19.5. The van der Waals surface area contributed by atoms with Gasteiger partial charge >= 0.3 is 0 Å². The van der Waals surface area contributed by atoms with Crippen LogP contribution in [0.3, 0.4) is 0 Å². The molecule has 0 aliphatic carbocycles. The molecule has 1 heterocycles. The highest BCUT2D eigenvalue weighted by atomic mass is 79.9. The molecule has 0 aliphatic heterocycles. The van der Waals surface area contributed by atoms with Crippen LogP contribution in [-0.4, -0.2) is 42.8 Å². The third-order valence-corrected chi connectivity index (χ3v) is 7.57. The van der Waals surface area contributed by atoms with Crippen LogP contribution in [0.1, 0.15) is 23.7 Å². The van der Waals surface area contributed by atoms with Crippen LogP contribution in [0.15, 0.2) is 71.3 Å². The van der Waals surface area contributed by atoms with Gasteiger partial charge in [-0.05, 0) is 70.4 Å². The number of benzene rings is 2. The minimum atomic E-state index is -3.90. The Labute approximate surface area is 203 Å². The highest BCUT2D eigenvalue weighted by Crippen LogP contribution is 2.26. The first kappa shape index (κ1) is 25.2. The van der Waals surface area contributed by atoms with Gasteiger partial charge < -0.3 is 14.6 Å². The van der Waals surface area contributed by atoms with Gasteiger partial charge in [0.15, 0.2) is 0 Å². The van der Waals surface area contributed by atoms with Gasteiger partial charge in [0.1, 0.15) is 21.7 Å². The molecule has 1 atom stereocenters. The molecular formula is C24H27BrN2O5S. The summed E-state index contributed by atoms with van der Waals surface area (Å²) in [6.07, 6.45) is 0. The van der Waals surface area contributed by atoms with Crippen LogP contribution < -0.4 is 9.47 Å². The maximum Gasteiger partial charge on any atom is 0.217 e. The predicted molar refractivity (Wildman–Crippen MR) is 131 cm³/mol. The van der Waals surface area contributed by atoms with Gasteiger partial charge in [-0.1, -0.05) is 30.3 Å². The van der Waals surface area contributed by atoms with E-state index < -0.39 is 21.4 Å². The van der Waals surface area contributed by atoms with Crippen LogP contribution in [0.4, 0.5) is 0 Å². The fourth-order valence-corrected chi connectivity index (χ4v) is 5.43. The highest BCUT2D eigenvalue weighted by molar-refractivity contribution is 9.10. The SMILES string of the molecule is COc1ccc(CN(Cc2ccc(OC)cc2)S(=O)(=O)CC(C)(O)c2cccc(Br)n2)cc1. The summed E-state index contributed by atoms with van der Waals surface area (Å²) < 4.78 is 39.3. The number of rotatable bonds is 10. The molecule has 3 aromatic rings. The van der Waals surface area contributed by atoms with E-state index in [9.17, 15) is 13.5 Å². The molecule has 9 heteroatoms. The second-order valence-electron chi connectivity index (χ2n) is 7.84.